The van der Waals surface area contributed by atoms with Gasteiger partial charge in [0.05, 0.1) is 12.7 Å². The minimum Gasteiger partial charge on any atom is -0.399 e. The minimum atomic E-state index is 0.772. The van der Waals surface area contributed by atoms with Gasteiger partial charge in [-0.1, -0.05) is 11.3 Å². The number of benzene rings is 1. The van der Waals surface area contributed by atoms with Crippen molar-refractivity contribution in [2.45, 2.75) is 13.5 Å². The van der Waals surface area contributed by atoms with E-state index in [2.05, 4.69) is 22.6 Å². The van der Waals surface area contributed by atoms with Crippen LogP contribution in [0.4, 0.5) is 11.4 Å². The van der Waals surface area contributed by atoms with E-state index in [9.17, 15) is 0 Å². The highest BCUT2D eigenvalue weighted by Crippen LogP contribution is 2.17. The van der Waals surface area contributed by atoms with Crippen molar-refractivity contribution in [1.29, 1.82) is 0 Å². The van der Waals surface area contributed by atoms with Crippen molar-refractivity contribution in [3.63, 3.8) is 0 Å². The molecule has 2 aromatic rings. The largest absolute Gasteiger partial charge is 0.399 e. The summed E-state index contributed by atoms with van der Waals surface area (Å²) >= 11 is 0. The molecule has 0 saturated heterocycles. The Labute approximate surface area is 94.3 Å². The lowest BCUT2D eigenvalue weighted by atomic mass is 10.2. The quantitative estimate of drug-likeness (QED) is 0.757. The molecule has 0 bridgehead atoms. The van der Waals surface area contributed by atoms with E-state index in [1.165, 1.54) is 5.56 Å². The SMILES string of the molecule is Cc1ccc(N)cc1NCCn1ccnn1. The van der Waals surface area contributed by atoms with Gasteiger partial charge in [-0.2, -0.15) is 0 Å². The van der Waals surface area contributed by atoms with Crippen molar-refractivity contribution in [3.8, 4) is 0 Å². The van der Waals surface area contributed by atoms with Gasteiger partial charge in [-0.25, -0.2) is 0 Å². The van der Waals surface area contributed by atoms with Crippen molar-refractivity contribution in [1.82, 2.24) is 15.0 Å². The van der Waals surface area contributed by atoms with E-state index in [0.717, 1.165) is 24.5 Å². The molecule has 0 atom stereocenters. The van der Waals surface area contributed by atoms with Gasteiger partial charge in [-0.15, -0.1) is 5.10 Å². The van der Waals surface area contributed by atoms with E-state index < -0.39 is 0 Å². The van der Waals surface area contributed by atoms with Gasteiger partial charge in [0.15, 0.2) is 0 Å². The minimum absolute atomic E-state index is 0.772. The van der Waals surface area contributed by atoms with Gasteiger partial charge in [0.1, 0.15) is 0 Å². The Morgan fingerprint density at radius 2 is 2.31 bits per heavy atom. The third kappa shape index (κ3) is 2.50. The van der Waals surface area contributed by atoms with Crippen molar-refractivity contribution in [2.24, 2.45) is 0 Å². The number of nitrogens with one attached hydrogen (secondary N) is 1. The standard InChI is InChI=1S/C11H15N5/c1-9-2-3-10(12)8-11(9)13-4-6-16-7-5-14-15-16/h2-3,5,7-8,13H,4,6,12H2,1H3. The van der Waals surface area contributed by atoms with Crippen LogP contribution < -0.4 is 11.1 Å². The van der Waals surface area contributed by atoms with E-state index >= 15 is 0 Å². The first kappa shape index (κ1) is 10.5. The molecule has 5 nitrogen and oxygen atoms in total. The van der Waals surface area contributed by atoms with Gasteiger partial charge in [-0.05, 0) is 24.6 Å². The van der Waals surface area contributed by atoms with Crippen LogP contribution >= 0.6 is 0 Å². The molecule has 2 rings (SSSR count). The van der Waals surface area contributed by atoms with Crippen LogP contribution in [0.15, 0.2) is 30.6 Å². The van der Waals surface area contributed by atoms with E-state index in [0.29, 0.717) is 0 Å². The number of rotatable bonds is 4. The fourth-order valence-electron chi connectivity index (χ4n) is 1.49. The summed E-state index contributed by atoms with van der Waals surface area (Å²) in [6.07, 6.45) is 3.51. The fourth-order valence-corrected chi connectivity index (χ4v) is 1.49. The second-order valence-electron chi connectivity index (χ2n) is 3.67. The summed E-state index contributed by atoms with van der Waals surface area (Å²) in [6, 6.07) is 5.85. The zero-order chi connectivity index (χ0) is 11.4. The van der Waals surface area contributed by atoms with Crippen LogP contribution in [0.3, 0.4) is 0 Å². The molecule has 5 heteroatoms. The molecule has 0 unspecified atom stereocenters. The van der Waals surface area contributed by atoms with Crippen LogP contribution in [-0.2, 0) is 6.54 Å². The Morgan fingerprint density at radius 1 is 1.44 bits per heavy atom. The predicted molar refractivity (Wildman–Crippen MR) is 64.1 cm³/mol. The highest BCUT2D eigenvalue weighted by Gasteiger charge is 1.98. The van der Waals surface area contributed by atoms with Gasteiger partial charge >= 0.3 is 0 Å². The summed E-state index contributed by atoms with van der Waals surface area (Å²) < 4.78 is 1.79. The third-order valence-corrected chi connectivity index (χ3v) is 2.39. The molecular weight excluding hydrogens is 202 g/mol. The molecule has 84 valence electrons. The van der Waals surface area contributed by atoms with Gasteiger partial charge in [-0.3, -0.25) is 4.68 Å². The van der Waals surface area contributed by atoms with Crippen molar-refractivity contribution < 1.29 is 0 Å². The zero-order valence-corrected chi connectivity index (χ0v) is 9.22. The van der Waals surface area contributed by atoms with Crippen molar-refractivity contribution >= 4 is 11.4 Å². The molecule has 0 spiro atoms. The maximum atomic E-state index is 5.73. The van der Waals surface area contributed by atoms with Gasteiger partial charge in [0.25, 0.3) is 0 Å². The lowest BCUT2D eigenvalue weighted by Crippen LogP contribution is -2.11. The second-order valence-corrected chi connectivity index (χ2v) is 3.67. The van der Waals surface area contributed by atoms with E-state index in [1.807, 2.05) is 24.4 Å². The Bertz CT molecular complexity index is 449. The monoisotopic (exact) mass is 217 g/mol. The number of aryl methyl sites for hydroxylation is 1. The molecule has 0 radical (unpaired) electrons. The molecule has 0 saturated carbocycles. The van der Waals surface area contributed by atoms with Gasteiger partial charge in [0, 0.05) is 24.1 Å². The van der Waals surface area contributed by atoms with E-state index in [4.69, 9.17) is 5.73 Å². The Hall–Kier alpha value is -2.04. The molecular formula is C11H15N5. The Balaban J connectivity index is 1.92. The topological polar surface area (TPSA) is 68.8 Å². The molecule has 0 amide bonds. The first-order chi connectivity index (χ1) is 7.75. The lowest BCUT2D eigenvalue weighted by Gasteiger charge is -2.09. The van der Waals surface area contributed by atoms with Crippen LogP contribution in [0.2, 0.25) is 0 Å². The van der Waals surface area contributed by atoms with Crippen molar-refractivity contribution in [3.05, 3.63) is 36.2 Å². The van der Waals surface area contributed by atoms with E-state index in [-0.39, 0.29) is 0 Å². The number of nitrogens with zero attached hydrogens (tertiary/aromatic N) is 3. The molecule has 1 aromatic carbocycles. The van der Waals surface area contributed by atoms with Crippen LogP contribution in [0.1, 0.15) is 5.56 Å². The average molecular weight is 217 g/mol. The highest BCUT2D eigenvalue weighted by atomic mass is 15.4. The summed E-state index contributed by atoms with van der Waals surface area (Å²) in [5.74, 6) is 0. The molecule has 16 heavy (non-hydrogen) atoms. The first-order valence-corrected chi connectivity index (χ1v) is 5.20. The Morgan fingerprint density at radius 3 is 3.06 bits per heavy atom. The fraction of sp³-hybridized carbons (Fsp3) is 0.273. The first-order valence-electron chi connectivity index (χ1n) is 5.20. The predicted octanol–water partition coefficient (Wildman–Crippen LogP) is 1.28. The van der Waals surface area contributed by atoms with Crippen LogP contribution in [0.25, 0.3) is 0 Å². The maximum Gasteiger partial charge on any atom is 0.0692 e. The molecule has 1 heterocycles. The summed E-state index contributed by atoms with van der Waals surface area (Å²) in [6.45, 7) is 3.64. The molecule has 0 aliphatic heterocycles. The third-order valence-electron chi connectivity index (χ3n) is 2.39. The van der Waals surface area contributed by atoms with Crippen LogP contribution in [-0.4, -0.2) is 21.5 Å². The Kier molecular flexibility index (Phi) is 3.05. The number of hydrogen-bond acceptors (Lipinski definition) is 4. The highest BCUT2D eigenvalue weighted by molar-refractivity contribution is 5.59. The number of anilines is 2. The average Bonchev–Trinajstić information content (AvgIpc) is 2.76. The normalized spacial score (nSPS) is 10.3. The molecule has 3 N–H and O–H groups in total. The van der Waals surface area contributed by atoms with Crippen molar-refractivity contribution in [2.75, 3.05) is 17.6 Å². The van der Waals surface area contributed by atoms with Crippen LogP contribution in [0, 0.1) is 6.92 Å². The lowest BCUT2D eigenvalue weighted by molar-refractivity contribution is 0.609. The summed E-state index contributed by atoms with van der Waals surface area (Å²) in [5, 5.41) is 11.0. The second kappa shape index (κ2) is 4.65. The molecule has 0 fully saturated rings. The zero-order valence-electron chi connectivity index (χ0n) is 9.22. The summed E-state index contributed by atoms with van der Waals surface area (Å²) in [7, 11) is 0. The summed E-state index contributed by atoms with van der Waals surface area (Å²) in [4.78, 5) is 0. The van der Waals surface area contributed by atoms with Gasteiger partial charge in [0.2, 0.25) is 0 Å². The number of nitrogens with two attached hydrogens (primary N) is 1. The number of nitrogen functional groups attached to an aromatic ring is 1. The van der Waals surface area contributed by atoms with Gasteiger partial charge < -0.3 is 11.1 Å². The van der Waals surface area contributed by atoms with Crippen LogP contribution in [0.5, 0.6) is 0 Å². The maximum absolute atomic E-state index is 5.73. The molecule has 1 aromatic heterocycles. The molecule has 0 aliphatic carbocycles. The van der Waals surface area contributed by atoms with E-state index in [1.54, 1.807) is 10.9 Å². The smallest absolute Gasteiger partial charge is 0.0692 e. The number of aromatic nitrogens is 3. The molecule has 0 aliphatic rings. The summed E-state index contributed by atoms with van der Waals surface area (Å²) in [5.41, 5.74) is 8.76. The number of hydrogen-bond donors (Lipinski definition) is 2.